The van der Waals surface area contributed by atoms with Crippen molar-refractivity contribution >= 4 is 28.0 Å². The van der Waals surface area contributed by atoms with Crippen molar-refractivity contribution in [3.63, 3.8) is 0 Å². The molecular formula is C38H34FNO4. The van der Waals surface area contributed by atoms with Gasteiger partial charge in [-0.1, -0.05) is 48.5 Å². The summed E-state index contributed by atoms with van der Waals surface area (Å²) in [5.41, 5.74) is 6.87. The molecule has 0 aliphatic carbocycles. The van der Waals surface area contributed by atoms with E-state index >= 15 is 0 Å². The number of ether oxygens (including phenoxy) is 3. The lowest BCUT2D eigenvalue weighted by Gasteiger charge is -2.33. The fraction of sp³-hybridized carbons (Fsp3) is 0.184. The molecule has 0 unspecified atom stereocenters. The molecule has 1 heterocycles. The largest absolute Gasteiger partial charge is 0.496 e. The van der Waals surface area contributed by atoms with E-state index in [1.165, 1.54) is 12.1 Å². The number of halogens is 1. The van der Waals surface area contributed by atoms with Gasteiger partial charge in [0.1, 0.15) is 29.7 Å². The number of rotatable bonds is 7. The van der Waals surface area contributed by atoms with Gasteiger partial charge >= 0.3 is 5.97 Å². The van der Waals surface area contributed by atoms with Crippen molar-refractivity contribution in [2.24, 2.45) is 0 Å². The van der Waals surface area contributed by atoms with Crippen molar-refractivity contribution in [2.75, 3.05) is 12.4 Å². The average Bonchev–Trinajstić information content (AvgIpc) is 3.00. The van der Waals surface area contributed by atoms with Gasteiger partial charge in [-0.25, -0.2) is 9.18 Å². The Balaban J connectivity index is 1.37. The third-order valence-corrected chi connectivity index (χ3v) is 7.92. The topological polar surface area (TPSA) is 56.8 Å². The standard InChI is InChI=1S/C38H34FNO4/c1-23-10-13-28(39)19-34(23)43-22-32-30(16-17-33-36(32)24(2)21-38(3,4)40-33)31-15-14-29(20-35(31)42-5)44-37(41)27-12-11-25-8-6-7-9-26(25)18-27/h6-21,40H,22H2,1-5H3. The minimum Gasteiger partial charge on any atom is -0.496 e. The van der Waals surface area contributed by atoms with Crippen molar-refractivity contribution in [1.29, 1.82) is 0 Å². The van der Waals surface area contributed by atoms with E-state index in [1.807, 2.05) is 55.5 Å². The third-order valence-electron chi connectivity index (χ3n) is 7.92. The summed E-state index contributed by atoms with van der Waals surface area (Å²) < 4.78 is 32.0. The van der Waals surface area contributed by atoms with Crippen LogP contribution in [0.4, 0.5) is 10.1 Å². The van der Waals surface area contributed by atoms with Crippen LogP contribution in [0.15, 0.2) is 97.1 Å². The van der Waals surface area contributed by atoms with E-state index in [9.17, 15) is 9.18 Å². The first-order valence-electron chi connectivity index (χ1n) is 14.5. The predicted octanol–water partition coefficient (Wildman–Crippen LogP) is 9.37. The zero-order valence-electron chi connectivity index (χ0n) is 25.5. The van der Waals surface area contributed by atoms with Crippen LogP contribution in [0.5, 0.6) is 17.2 Å². The lowest BCUT2D eigenvalue weighted by Crippen LogP contribution is -2.32. The number of allylic oxidation sites excluding steroid dienone is 1. The van der Waals surface area contributed by atoms with E-state index in [0.717, 1.165) is 49.9 Å². The lowest BCUT2D eigenvalue weighted by molar-refractivity contribution is 0.0734. The quantitative estimate of drug-likeness (QED) is 0.152. The summed E-state index contributed by atoms with van der Waals surface area (Å²) in [6.07, 6.45) is 2.20. The molecule has 5 nitrogen and oxygen atoms in total. The highest BCUT2D eigenvalue weighted by Crippen LogP contribution is 2.43. The molecule has 1 N–H and O–H groups in total. The van der Waals surface area contributed by atoms with Gasteiger partial charge in [0.2, 0.25) is 0 Å². The summed E-state index contributed by atoms with van der Waals surface area (Å²) in [7, 11) is 1.59. The Kier molecular flexibility index (Phi) is 7.60. The van der Waals surface area contributed by atoms with Crippen LogP contribution in [0.2, 0.25) is 0 Å². The second-order valence-electron chi connectivity index (χ2n) is 11.7. The molecular weight excluding hydrogens is 553 g/mol. The van der Waals surface area contributed by atoms with Crippen molar-refractivity contribution in [3.8, 4) is 28.4 Å². The average molecular weight is 588 g/mol. The molecule has 5 aromatic rings. The highest BCUT2D eigenvalue weighted by Gasteiger charge is 2.27. The van der Waals surface area contributed by atoms with Crippen LogP contribution in [-0.2, 0) is 6.61 Å². The van der Waals surface area contributed by atoms with Crippen molar-refractivity contribution in [2.45, 2.75) is 39.8 Å². The molecule has 1 aliphatic heterocycles. The summed E-state index contributed by atoms with van der Waals surface area (Å²) in [4.78, 5) is 13.1. The molecule has 0 radical (unpaired) electrons. The van der Waals surface area contributed by atoms with Crippen LogP contribution < -0.4 is 19.5 Å². The number of fused-ring (bicyclic) bond motifs is 2. The molecule has 222 valence electrons. The predicted molar refractivity (Wildman–Crippen MR) is 174 cm³/mol. The van der Waals surface area contributed by atoms with Crippen LogP contribution in [0.1, 0.15) is 47.8 Å². The van der Waals surface area contributed by atoms with E-state index in [2.05, 4.69) is 38.2 Å². The maximum absolute atomic E-state index is 14.1. The van der Waals surface area contributed by atoms with Gasteiger partial charge in [0.05, 0.1) is 18.2 Å². The van der Waals surface area contributed by atoms with Gasteiger partial charge in [-0.2, -0.15) is 0 Å². The van der Waals surface area contributed by atoms with Gasteiger partial charge in [0, 0.05) is 34.5 Å². The number of carbonyl (C=O) groups excluding carboxylic acids is 1. The van der Waals surface area contributed by atoms with Crippen LogP contribution in [0, 0.1) is 12.7 Å². The van der Waals surface area contributed by atoms with E-state index in [1.54, 1.807) is 31.4 Å². The zero-order chi connectivity index (χ0) is 31.0. The number of anilines is 1. The molecule has 1 aliphatic rings. The van der Waals surface area contributed by atoms with E-state index in [4.69, 9.17) is 14.2 Å². The number of hydrogen-bond acceptors (Lipinski definition) is 5. The molecule has 0 saturated carbocycles. The SMILES string of the molecule is COc1cc(OC(=O)c2ccc3ccccc3c2)ccc1-c1ccc2c(c1COc1cc(F)ccc1C)C(C)=CC(C)(C)N2. The third kappa shape index (κ3) is 5.76. The molecule has 44 heavy (non-hydrogen) atoms. The van der Waals surface area contributed by atoms with Gasteiger partial charge in [-0.05, 0) is 91.6 Å². The molecule has 6 rings (SSSR count). The van der Waals surface area contributed by atoms with Crippen LogP contribution >= 0.6 is 0 Å². The Labute approximate surface area is 256 Å². The number of nitrogens with one attached hydrogen (secondary N) is 1. The van der Waals surface area contributed by atoms with Crippen molar-refractivity contribution in [3.05, 3.63) is 125 Å². The molecule has 5 aromatic carbocycles. The van der Waals surface area contributed by atoms with E-state index in [0.29, 0.717) is 22.8 Å². The van der Waals surface area contributed by atoms with Gasteiger partial charge in [0.15, 0.2) is 0 Å². The minimum atomic E-state index is -0.451. The molecule has 0 bridgehead atoms. The molecule has 0 amide bonds. The molecule has 0 saturated heterocycles. The number of esters is 1. The van der Waals surface area contributed by atoms with Gasteiger partial charge in [-0.3, -0.25) is 0 Å². The Hall–Kier alpha value is -5.10. The van der Waals surface area contributed by atoms with E-state index in [-0.39, 0.29) is 18.0 Å². The van der Waals surface area contributed by atoms with Crippen LogP contribution in [0.25, 0.3) is 27.5 Å². The molecule has 0 aromatic heterocycles. The minimum absolute atomic E-state index is 0.206. The highest BCUT2D eigenvalue weighted by molar-refractivity contribution is 5.96. The first-order valence-corrected chi connectivity index (χ1v) is 14.5. The maximum Gasteiger partial charge on any atom is 0.343 e. The Bertz CT molecular complexity index is 1940. The summed E-state index contributed by atoms with van der Waals surface area (Å²) in [5, 5.41) is 5.63. The summed E-state index contributed by atoms with van der Waals surface area (Å²) in [5.74, 6) is 0.600. The Morgan fingerprint density at radius 3 is 2.41 bits per heavy atom. The molecule has 6 heteroatoms. The van der Waals surface area contributed by atoms with Gasteiger partial charge in [0.25, 0.3) is 0 Å². The number of aryl methyl sites for hydroxylation is 1. The van der Waals surface area contributed by atoms with Gasteiger partial charge in [-0.15, -0.1) is 0 Å². The Morgan fingerprint density at radius 2 is 1.61 bits per heavy atom. The summed E-state index contributed by atoms with van der Waals surface area (Å²) >= 11 is 0. The number of hydrogen-bond donors (Lipinski definition) is 1. The number of carbonyl (C=O) groups is 1. The highest BCUT2D eigenvalue weighted by atomic mass is 19.1. The van der Waals surface area contributed by atoms with Crippen molar-refractivity contribution in [1.82, 2.24) is 0 Å². The first-order chi connectivity index (χ1) is 21.1. The maximum atomic E-state index is 14.1. The number of benzene rings is 5. The summed E-state index contributed by atoms with van der Waals surface area (Å²) in [6.45, 7) is 8.44. The van der Waals surface area contributed by atoms with Crippen molar-refractivity contribution < 1.29 is 23.4 Å². The van der Waals surface area contributed by atoms with Crippen LogP contribution in [-0.4, -0.2) is 18.6 Å². The zero-order valence-corrected chi connectivity index (χ0v) is 25.5. The molecule has 0 spiro atoms. The second kappa shape index (κ2) is 11.5. The Morgan fingerprint density at radius 1 is 0.841 bits per heavy atom. The number of methoxy groups -OCH3 is 1. The first kappa shape index (κ1) is 29.0. The smallest absolute Gasteiger partial charge is 0.343 e. The second-order valence-corrected chi connectivity index (χ2v) is 11.7. The van der Waals surface area contributed by atoms with Crippen LogP contribution in [0.3, 0.4) is 0 Å². The fourth-order valence-electron chi connectivity index (χ4n) is 5.92. The molecule has 0 fully saturated rings. The van der Waals surface area contributed by atoms with E-state index < -0.39 is 5.97 Å². The molecule has 0 atom stereocenters. The fourth-order valence-corrected chi connectivity index (χ4v) is 5.92. The monoisotopic (exact) mass is 587 g/mol. The normalized spacial score (nSPS) is 13.5. The lowest BCUT2D eigenvalue weighted by atomic mass is 9.85. The summed E-state index contributed by atoms with van der Waals surface area (Å²) in [6, 6.07) is 27.4. The van der Waals surface area contributed by atoms with Gasteiger partial charge < -0.3 is 19.5 Å².